The van der Waals surface area contributed by atoms with E-state index in [1.165, 1.54) is 12.5 Å². The van der Waals surface area contributed by atoms with Gasteiger partial charge in [-0.25, -0.2) is 14.6 Å². The molecular formula is C26H25N7O3. The van der Waals surface area contributed by atoms with E-state index >= 15 is 0 Å². The molecule has 5 aromatic rings. The number of fused-ring (bicyclic) bond motifs is 2. The van der Waals surface area contributed by atoms with Crippen molar-refractivity contribution in [1.29, 1.82) is 0 Å². The van der Waals surface area contributed by atoms with Crippen molar-refractivity contribution in [2.45, 2.75) is 33.5 Å². The summed E-state index contributed by atoms with van der Waals surface area (Å²) in [6, 6.07) is 13.1. The number of aryl methyl sites for hydroxylation is 2. The summed E-state index contributed by atoms with van der Waals surface area (Å²) in [6.07, 6.45) is 4.55. The molecular weight excluding hydrogens is 458 g/mol. The fourth-order valence-electron chi connectivity index (χ4n) is 4.19. The third-order valence-electron chi connectivity index (χ3n) is 6.07. The number of pyridine rings is 2. The maximum Gasteiger partial charge on any atom is 0.264 e. The lowest BCUT2D eigenvalue weighted by atomic mass is 10.1. The molecule has 4 heterocycles. The van der Waals surface area contributed by atoms with Crippen LogP contribution in [0.2, 0.25) is 0 Å². The van der Waals surface area contributed by atoms with Crippen LogP contribution in [0.25, 0.3) is 22.1 Å². The first-order valence-corrected chi connectivity index (χ1v) is 11.7. The zero-order valence-corrected chi connectivity index (χ0v) is 20.0. The molecule has 4 aromatic heterocycles. The number of hydrogen-bond acceptors (Lipinski definition) is 6. The Morgan fingerprint density at radius 1 is 1.00 bits per heavy atom. The van der Waals surface area contributed by atoms with Crippen LogP contribution >= 0.6 is 0 Å². The van der Waals surface area contributed by atoms with Crippen molar-refractivity contribution in [3.05, 3.63) is 98.6 Å². The molecule has 0 radical (unpaired) electrons. The number of aromatic nitrogens is 6. The van der Waals surface area contributed by atoms with Gasteiger partial charge in [0, 0.05) is 25.0 Å². The van der Waals surface area contributed by atoms with Gasteiger partial charge in [0.25, 0.3) is 11.5 Å². The summed E-state index contributed by atoms with van der Waals surface area (Å²) in [5.41, 5.74) is 2.32. The van der Waals surface area contributed by atoms with Crippen molar-refractivity contribution in [3.8, 4) is 0 Å². The van der Waals surface area contributed by atoms with E-state index in [4.69, 9.17) is 0 Å². The quantitative estimate of drug-likeness (QED) is 0.379. The molecule has 0 aliphatic heterocycles. The first-order chi connectivity index (χ1) is 17.5. The minimum absolute atomic E-state index is 0.0576. The molecule has 10 heteroatoms. The first-order valence-electron chi connectivity index (χ1n) is 11.7. The van der Waals surface area contributed by atoms with Crippen LogP contribution in [0.4, 0.5) is 0 Å². The molecule has 1 aromatic carbocycles. The normalized spacial score (nSPS) is 11.3. The summed E-state index contributed by atoms with van der Waals surface area (Å²) in [5.74, 6) is -0.473. The second-order valence-corrected chi connectivity index (χ2v) is 8.51. The van der Waals surface area contributed by atoms with Crippen molar-refractivity contribution >= 4 is 28.0 Å². The van der Waals surface area contributed by atoms with Crippen molar-refractivity contribution in [1.82, 2.24) is 34.2 Å². The molecule has 0 aliphatic carbocycles. The fraction of sp³-hybridized carbons (Fsp3) is 0.231. The Morgan fingerprint density at radius 2 is 1.81 bits per heavy atom. The first kappa shape index (κ1) is 23.2. The molecule has 182 valence electrons. The number of nitrogens with one attached hydrogen (secondary N) is 1. The number of nitrogens with zero attached hydrogens (tertiary/aromatic N) is 6. The summed E-state index contributed by atoms with van der Waals surface area (Å²) in [6.45, 7) is 5.28. The van der Waals surface area contributed by atoms with Crippen molar-refractivity contribution in [3.63, 3.8) is 0 Å². The van der Waals surface area contributed by atoms with Gasteiger partial charge in [-0.2, -0.15) is 5.10 Å². The predicted octanol–water partition coefficient (Wildman–Crippen LogP) is 2.11. The maximum absolute atomic E-state index is 12.9. The van der Waals surface area contributed by atoms with Crippen LogP contribution in [0.3, 0.4) is 0 Å². The van der Waals surface area contributed by atoms with E-state index in [2.05, 4.69) is 20.4 Å². The second-order valence-electron chi connectivity index (χ2n) is 8.51. The van der Waals surface area contributed by atoms with E-state index in [9.17, 15) is 14.4 Å². The van der Waals surface area contributed by atoms with Gasteiger partial charge in [-0.1, -0.05) is 30.3 Å². The highest BCUT2D eigenvalue weighted by molar-refractivity contribution is 5.96. The van der Waals surface area contributed by atoms with E-state index < -0.39 is 5.91 Å². The van der Waals surface area contributed by atoms with Crippen LogP contribution in [0.15, 0.2) is 70.8 Å². The van der Waals surface area contributed by atoms with E-state index in [1.54, 1.807) is 32.1 Å². The number of amides is 1. The summed E-state index contributed by atoms with van der Waals surface area (Å²) in [5, 5.41) is 7.88. The molecule has 0 saturated carbocycles. The van der Waals surface area contributed by atoms with Gasteiger partial charge >= 0.3 is 0 Å². The lowest BCUT2D eigenvalue weighted by molar-refractivity contribution is 0.0950. The topological polar surface area (TPSA) is 117 Å². The molecule has 5 rings (SSSR count). The summed E-state index contributed by atoms with van der Waals surface area (Å²) < 4.78 is 4.91. The van der Waals surface area contributed by atoms with Crippen molar-refractivity contribution in [2.75, 3.05) is 6.54 Å². The molecule has 1 amide bonds. The number of carbonyl (C=O) groups excluding carboxylic acids is 1. The summed E-state index contributed by atoms with van der Waals surface area (Å²) in [4.78, 5) is 47.6. The Balaban J connectivity index is 1.32. The fourth-order valence-corrected chi connectivity index (χ4v) is 4.19. The average Bonchev–Trinajstić information content (AvgIpc) is 3.30. The van der Waals surface area contributed by atoms with Gasteiger partial charge in [0.05, 0.1) is 24.7 Å². The summed E-state index contributed by atoms with van der Waals surface area (Å²) in [7, 11) is 0. The van der Waals surface area contributed by atoms with Gasteiger partial charge in [-0.15, -0.1) is 0 Å². The molecule has 0 saturated heterocycles. The Hall–Kier alpha value is -4.60. The molecule has 0 fully saturated rings. The Morgan fingerprint density at radius 3 is 2.58 bits per heavy atom. The van der Waals surface area contributed by atoms with Crippen LogP contribution in [0, 0.1) is 6.92 Å². The number of benzene rings is 1. The average molecular weight is 484 g/mol. The van der Waals surface area contributed by atoms with Gasteiger partial charge < -0.3 is 9.88 Å². The van der Waals surface area contributed by atoms with Gasteiger partial charge in [0.15, 0.2) is 5.65 Å². The second kappa shape index (κ2) is 9.57. The van der Waals surface area contributed by atoms with Crippen molar-refractivity contribution in [2.24, 2.45) is 0 Å². The predicted molar refractivity (Wildman–Crippen MR) is 136 cm³/mol. The standard InChI is InChI=1S/C26H25N7O3/c1-3-31-15-21(22(34)19-10-9-17(2)30-24(19)31)25(35)27-11-12-33-23-20(13-29-33)26(36)32(16-28-23)14-18-7-5-4-6-8-18/h4-10,13,15-16H,3,11-12,14H2,1-2H3,(H,27,35). The lowest BCUT2D eigenvalue weighted by Crippen LogP contribution is -2.32. The molecule has 36 heavy (non-hydrogen) atoms. The van der Waals surface area contributed by atoms with E-state index in [-0.39, 0.29) is 23.1 Å². The Labute approximate surface area is 205 Å². The smallest absolute Gasteiger partial charge is 0.264 e. The molecule has 0 unspecified atom stereocenters. The highest BCUT2D eigenvalue weighted by atomic mass is 16.2. The summed E-state index contributed by atoms with van der Waals surface area (Å²) >= 11 is 0. The van der Waals surface area contributed by atoms with E-state index in [1.807, 2.05) is 44.2 Å². The van der Waals surface area contributed by atoms with Crippen LogP contribution in [-0.4, -0.2) is 41.3 Å². The molecule has 0 spiro atoms. The van der Waals surface area contributed by atoms with Crippen LogP contribution in [-0.2, 0) is 19.6 Å². The zero-order valence-electron chi connectivity index (χ0n) is 20.0. The van der Waals surface area contributed by atoms with E-state index in [0.29, 0.717) is 41.7 Å². The van der Waals surface area contributed by atoms with E-state index in [0.717, 1.165) is 11.3 Å². The third kappa shape index (κ3) is 4.28. The Bertz CT molecular complexity index is 1700. The molecule has 10 nitrogen and oxygen atoms in total. The SMILES string of the molecule is CCn1cc(C(=O)NCCn2ncc3c(=O)n(Cc4ccccc4)cnc32)c(=O)c2ccc(C)nc21. The monoisotopic (exact) mass is 483 g/mol. The minimum atomic E-state index is -0.473. The Kier molecular flexibility index (Phi) is 6.16. The molecule has 0 bridgehead atoms. The number of rotatable bonds is 7. The maximum atomic E-state index is 12.9. The van der Waals surface area contributed by atoms with Crippen LogP contribution in [0.1, 0.15) is 28.5 Å². The molecule has 0 atom stereocenters. The van der Waals surface area contributed by atoms with Crippen LogP contribution in [0.5, 0.6) is 0 Å². The van der Waals surface area contributed by atoms with Gasteiger partial charge in [0.1, 0.15) is 22.9 Å². The zero-order chi connectivity index (χ0) is 25.2. The third-order valence-corrected chi connectivity index (χ3v) is 6.07. The minimum Gasteiger partial charge on any atom is -0.350 e. The highest BCUT2D eigenvalue weighted by Crippen LogP contribution is 2.11. The number of carbonyl (C=O) groups is 1. The van der Waals surface area contributed by atoms with Gasteiger partial charge in [-0.05, 0) is 31.5 Å². The largest absolute Gasteiger partial charge is 0.350 e. The number of hydrogen-bond donors (Lipinski definition) is 1. The molecule has 0 aliphatic rings. The molecule has 1 N–H and O–H groups in total. The van der Waals surface area contributed by atoms with Gasteiger partial charge in [0.2, 0.25) is 5.43 Å². The van der Waals surface area contributed by atoms with Crippen molar-refractivity contribution < 1.29 is 4.79 Å². The highest BCUT2D eigenvalue weighted by Gasteiger charge is 2.16. The lowest BCUT2D eigenvalue weighted by Gasteiger charge is -2.12. The van der Waals surface area contributed by atoms with Gasteiger partial charge in [-0.3, -0.25) is 19.0 Å². The van der Waals surface area contributed by atoms with Crippen LogP contribution < -0.4 is 16.3 Å².